The Hall–Kier alpha value is -3.12. The maximum atomic E-state index is 12.8. The molecule has 3 rings (SSSR count). The average Bonchev–Trinajstić information content (AvgIpc) is 2.99. The van der Waals surface area contributed by atoms with Crippen molar-refractivity contribution in [2.24, 2.45) is 0 Å². The third kappa shape index (κ3) is 5.07. The lowest BCUT2D eigenvalue weighted by Gasteiger charge is -2.09. The molecule has 30 heavy (non-hydrogen) atoms. The van der Waals surface area contributed by atoms with Gasteiger partial charge in [0, 0.05) is 28.4 Å². The number of carbonyl (C=O) groups excluding carboxylic acids is 2. The second kappa shape index (κ2) is 9.59. The van der Waals surface area contributed by atoms with Crippen LogP contribution in [0.5, 0.6) is 0 Å². The molecule has 0 saturated carbocycles. The molecule has 6 nitrogen and oxygen atoms in total. The van der Waals surface area contributed by atoms with E-state index in [1.807, 2.05) is 18.5 Å². The molecule has 0 fully saturated rings. The lowest BCUT2D eigenvalue weighted by atomic mass is 10.1. The van der Waals surface area contributed by atoms with E-state index < -0.39 is 0 Å². The van der Waals surface area contributed by atoms with E-state index in [-0.39, 0.29) is 11.8 Å². The predicted molar refractivity (Wildman–Crippen MR) is 120 cm³/mol. The van der Waals surface area contributed by atoms with Crippen LogP contribution in [-0.4, -0.2) is 21.6 Å². The molecule has 7 heteroatoms. The number of anilines is 2. The van der Waals surface area contributed by atoms with E-state index in [4.69, 9.17) is 11.6 Å². The van der Waals surface area contributed by atoms with Crippen LogP contribution in [0.4, 0.5) is 11.4 Å². The van der Waals surface area contributed by atoms with Gasteiger partial charge in [-0.1, -0.05) is 37.1 Å². The first-order valence-electron chi connectivity index (χ1n) is 9.91. The van der Waals surface area contributed by atoms with Crippen molar-refractivity contribution in [3.8, 4) is 0 Å². The molecule has 0 unspecified atom stereocenters. The first kappa shape index (κ1) is 21.6. The highest BCUT2D eigenvalue weighted by atomic mass is 35.5. The van der Waals surface area contributed by atoms with Gasteiger partial charge in [-0.05, 0) is 56.7 Å². The van der Waals surface area contributed by atoms with Gasteiger partial charge >= 0.3 is 0 Å². The lowest BCUT2D eigenvalue weighted by Crippen LogP contribution is -2.15. The Morgan fingerprint density at radius 2 is 1.67 bits per heavy atom. The fourth-order valence-electron chi connectivity index (χ4n) is 3.16. The highest BCUT2D eigenvalue weighted by Gasteiger charge is 2.16. The summed E-state index contributed by atoms with van der Waals surface area (Å²) < 4.78 is 1.93. The number of aromatic nitrogens is 2. The summed E-state index contributed by atoms with van der Waals surface area (Å²) in [6.07, 6.45) is 2.11. The first-order chi connectivity index (χ1) is 14.4. The number of nitrogens with one attached hydrogen (secondary N) is 2. The number of hydrogen-bond donors (Lipinski definition) is 2. The summed E-state index contributed by atoms with van der Waals surface area (Å²) >= 11 is 5.95. The fraction of sp³-hybridized carbons (Fsp3) is 0.261. The number of benzene rings is 2. The minimum atomic E-state index is -0.293. The Balaban J connectivity index is 1.74. The fourth-order valence-corrected chi connectivity index (χ4v) is 3.35. The lowest BCUT2D eigenvalue weighted by molar-refractivity contribution is 0.101. The van der Waals surface area contributed by atoms with Gasteiger partial charge in [0.1, 0.15) is 0 Å². The van der Waals surface area contributed by atoms with Gasteiger partial charge in [0.15, 0.2) is 0 Å². The molecule has 2 amide bonds. The zero-order valence-electron chi connectivity index (χ0n) is 17.3. The van der Waals surface area contributed by atoms with Crippen molar-refractivity contribution < 1.29 is 9.59 Å². The molecule has 0 spiro atoms. The third-order valence-electron chi connectivity index (χ3n) is 4.81. The normalized spacial score (nSPS) is 10.7. The molecule has 0 atom stereocenters. The summed E-state index contributed by atoms with van der Waals surface area (Å²) in [6, 6.07) is 13.5. The van der Waals surface area contributed by atoms with E-state index >= 15 is 0 Å². The van der Waals surface area contributed by atoms with Crippen LogP contribution < -0.4 is 10.6 Å². The first-order valence-corrected chi connectivity index (χ1v) is 10.3. The number of rotatable bonds is 7. The molecule has 0 saturated heterocycles. The second-order valence-corrected chi connectivity index (χ2v) is 7.56. The van der Waals surface area contributed by atoms with Crippen molar-refractivity contribution >= 4 is 34.8 Å². The minimum absolute atomic E-state index is 0.255. The molecule has 0 aliphatic carbocycles. The highest BCUT2D eigenvalue weighted by Crippen LogP contribution is 2.22. The van der Waals surface area contributed by atoms with Gasteiger partial charge < -0.3 is 10.6 Å². The van der Waals surface area contributed by atoms with Crippen molar-refractivity contribution in [3.63, 3.8) is 0 Å². The molecule has 2 aromatic carbocycles. The van der Waals surface area contributed by atoms with E-state index in [9.17, 15) is 9.59 Å². The Kier molecular flexibility index (Phi) is 6.90. The number of hydrogen-bond acceptors (Lipinski definition) is 3. The number of unbranched alkanes of at least 4 members (excludes halogenated alkanes) is 1. The van der Waals surface area contributed by atoms with E-state index in [2.05, 4.69) is 22.7 Å². The highest BCUT2D eigenvalue weighted by molar-refractivity contribution is 6.31. The smallest absolute Gasteiger partial charge is 0.255 e. The van der Waals surface area contributed by atoms with Crippen LogP contribution in [0, 0.1) is 13.8 Å². The van der Waals surface area contributed by atoms with Crippen molar-refractivity contribution in [1.29, 1.82) is 0 Å². The zero-order valence-corrected chi connectivity index (χ0v) is 18.1. The van der Waals surface area contributed by atoms with Crippen LogP contribution in [-0.2, 0) is 6.54 Å². The molecule has 0 aliphatic heterocycles. The van der Waals surface area contributed by atoms with E-state index in [1.54, 1.807) is 48.5 Å². The summed E-state index contributed by atoms with van der Waals surface area (Å²) in [5.74, 6) is -0.547. The number of halogens is 1. The third-order valence-corrected chi connectivity index (χ3v) is 5.05. The van der Waals surface area contributed by atoms with Gasteiger partial charge in [-0.2, -0.15) is 5.10 Å². The molecular weight excluding hydrogens is 400 g/mol. The van der Waals surface area contributed by atoms with Gasteiger partial charge in [-0.15, -0.1) is 0 Å². The zero-order chi connectivity index (χ0) is 21.7. The van der Waals surface area contributed by atoms with Crippen LogP contribution in [0.15, 0.2) is 48.5 Å². The quantitative estimate of drug-likeness (QED) is 0.528. The molecule has 3 aromatic rings. The SMILES string of the molecule is CCCCn1nc(C)c(NC(=O)c2cccc(NC(=O)c3cccc(Cl)c3)c2)c1C. The maximum Gasteiger partial charge on any atom is 0.255 e. The Labute approximate surface area is 181 Å². The number of aryl methyl sites for hydroxylation is 2. The monoisotopic (exact) mass is 424 g/mol. The largest absolute Gasteiger partial charge is 0.322 e. The van der Waals surface area contributed by atoms with Crippen LogP contribution in [0.3, 0.4) is 0 Å². The summed E-state index contributed by atoms with van der Waals surface area (Å²) in [5.41, 5.74) is 3.85. The molecule has 2 N–H and O–H groups in total. The van der Waals surface area contributed by atoms with Gasteiger partial charge in [0.05, 0.1) is 17.1 Å². The van der Waals surface area contributed by atoms with Crippen molar-refractivity contribution in [1.82, 2.24) is 9.78 Å². The predicted octanol–water partition coefficient (Wildman–Crippen LogP) is 5.46. The molecule has 1 heterocycles. The average molecular weight is 425 g/mol. The van der Waals surface area contributed by atoms with Crippen LogP contribution >= 0.6 is 11.6 Å². The van der Waals surface area contributed by atoms with E-state index in [1.165, 1.54) is 0 Å². The molecule has 0 radical (unpaired) electrons. The number of amides is 2. The maximum absolute atomic E-state index is 12.8. The Morgan fingerprint density at radius 1 is 1.00 bits per heavy atom. The topological polar surface area (TPSA) is 76.0 Å². The van der Waals surface area contributed by atoms with Gasteiger partial charge in [0.25, 0.3) is 11.8 Å². The second-order valence-electron chi connectivity index (χ2n) is 7.12. The minimum Gasteiger partial charge on any atom is -0.322 e. The van der Waals surface area contributed by atoms with Crippen molar-refractivity contribution in [2.75, 3.05) is 10.6 Å². The summed E-state index contributed by atoms with van der Waals surface area (Å²) in [6.45, 7) is 6.79. The number of carbonyl (C=O) groups is 2. The van der Waals surface area contributed by atoms with Gasteiger partial charge in [-0.3, -0.25) is 14.3 Å². The van der Waals surface area contributed by atoms with Crippen LogP contribution in [0.1, 0.15) is 51.9 Å². The standard InChI is InChI=1S/C23H25ClN4O2/c1-4-5-12-28-16(3)21(15(2)27-28)26-23(30)18-9-7-11-20(14-18)25-22(29)17-8-6-10-19(24)13-17/h6-11,13-14H,4-5,12H2,1-3H3,(H,25,29)(H,26,30). The summed E-state index contributed by atoms with van der Waals surface area (Å²) in [7, 11) is 0. The van der Waals surface area contributed by atoms with E-state index in [0.717, 1.165) is 36.5 Å². The molecule has 156 valence electrons. The molecule has 0 aliphatic rings. The van der Waals surface area contributed by atoms with Crippen molar-refractivity contribution in [3.05, 3.63) is 76.1 Å². The summed E-state index contributed by atoms with van der Waals surface area (Å²) in [5, 5.41) is 10.8. The molecule has 1 aromatic heterocycles. The number of nitrogens with zero attached hydrogens (tertiary/aromatic N) is 2. The van der Waals surface area contributed by atoms with Gasteiger partial charge in [-0.25, -0.2) is 0 Å². The van der Waals surface area contributed by atoms with Crippen molar-refractivity contribution in [2.45, 2.75) is 40.2 Å². The molecular formula is C23H25ClN4O2. The van der Waals surface area contributed by atoms with E-state index in [0.29, 0.717) is 21.8 Å². The Bertz CT molecular complexity index is 1070. The van der Waals surface area contributed by atoms with Gasteiger partial charge in [0.2, 0.25) is 0 Å². The summed E-state index contributed by atoms with van der Waals surface area (Å²) in [4.78, 5) is 25.3. The Morgan fingerprint density at radius 3 is 2.37 bits per heavy atom. The van der Waals surface area contributed by atoms with Crippen LogP contribution in [0.25, 0.3) is 0 Å². The van der Waals surface area contributed by atoms with Crippen LogP contribution in [0.2, 0.25) is 5.02 Å². The molecule has 0 bridgehead atoms.